The smallest absolute Gasteiger partial charge is 0.203 e. The molecule has 1 aromatic carbocycles. The fourth-order valence-corrected chi connectivity index (χ4v) is 2.47. The molecule has 0 N–H and O–H groups in total. The van der Waals surface area contributed by atoms with Crippen LogP contribution < -0.4 is 0 Å². The lowest BCUT2D eigenvalue weighted by molar-refractivity contribution is 0.103. The zero-order chi connectivity index (χ0) is 16.2. The van der Waals surface area contributed by atoms with Crippen LogP contribution in [0.25, 0.3) is 17.4 Å². The quantitative estimate of drug-likeness (QED) is 0.504. The molecule has 23 heavy (non-hydrogen) atoms. The predicted octanol–water partition coefficient (Wildman–Crippen LogP) is 4.71. The summed E-state index contributed by atoms with van der Waals surface area (Å²) in [5, 5.41) is 4.74. The summed E-state index contributed by atoms with van der Waals surface area (Å²) in [6, 6.07) is 12.8. The number of hydrogen-bond acceptors (Lipinski definition) is 3. The van der Waals surface area contributed by atoms with Crippen LogP contribution in [0, 0.1) is 0 Å². The van der Waals surface area contributed by atoms with Crippen molar-refractivity contribution in [2.45, 2.75) is 13.5 Å². The third-order valence-electron chi connectivity index (χ3n) is 3.40. The summed E-state index contributed by atoms with van der Waals surface area (Å²) in [5.41, 5.74) is 1.46. The Morgan fingerprint density at radius 2 is 2.17 bits per heavy atom. The first kappa shape index (κ1) is 15.3. The summed E-state index contributed by atoms with van der Waals surface area (Å²) in [4.78, 5) is 12.2. The Labute approximate surface area is 139 Å². The molecule has 2 heterocycles. The van der Waals surface area contributed by atoms with Crippen molar-refractivity contribution in [2.75, 3.05) is 0 Å². The summed E-state index contributed by atoms with van der Waals surface area (Å²) in [6.45, 7) is 2.60. The molecule has 0 aliphatic carbocycles. The molecule has 0 amide bonds. The van der Waals surface area contributed by atoms with E-state index in [2.05, 4.69) is 5.10 Å². The van der Waals surface area contributed by atoms with Crippen molar-refractivity contribution in [1.29, 1.82) is 0 Å². The van der Waals surface area contributed by atoms with E-state index in [1.807, 2.05) is 43.3 Å². The van der Waals surface area contributed by atoms with Gasteiger partial charge in [-0.05, 0) is 49.4 Å². The molecule has 0 atom stereocenters. The SMILES string of the molecule is CCn1nccc1C(=O)/C=C/c1ccc(-c2cccc(Cl)c2)o1. The topological polar surface area (TPSA) is 48.0 Å². The van der Waals surface area contributed by atoms with Gasteiger partial charge in [-0.15, -0.1) is 0 Å². The lowest BCUT2D eigenvalue weighted by atomic mass is 10.2. The van der Waals surface area contributed by atoms with Crippen molar-refractivity contribution in [3.8, 4) is 11.3 Å². The highest BCUT2D eigenvalue weighted by atomic mass is 35.5. The van der Waals surface area contributed by atoms with Crippen molar-refractivity contribution in [2.24, 2.45) is 0 Å². The summed E-state index contributed by atoms with van der Waals surface area (Å²) in [6.07, 6.45) is 4.77. The van der Waals surface area contributed by atoms with Crippen LogP contribution in [-0.4, -0.2) is 15.6 Å². The van der Waals surface area contributed by atoms with Crippen LogP contribution in [0.1, 0.15) is 23.2 Å². The number of ketones is 1. The number of hydrogen-bond donors (Lipinski definition) is 0. The molecule has 2 aromatic heterocycles. The monoisotopic (exact) mass is 326 g/mol. The molecular weight excluding hydrogens is 312 g/mol. The van der Waals surface area contributed by atoms with Crippen molar-refractivity contribution >= 4 is 23.5 Å². The fraction of sp³-hybridized carbons (Fsp3) is 0.111. The van der Waals surface area contributed by atoms with Gasteiger partial charge in [-0.2, -0.15) is 5.10 Å². The van der Waals surface area contributed by atoms with Crippen molar-refractivity contribution < 1.29 is 9.21 Å². The largest absolute Gasteiger partial charge is 0.457 e. The molecular formula is C18H15ClN2O2. The Kier molecular flexibility index (Phi) is 4.44. The van der Waals surface area contributed by atoms with Crippen LogP contribution in [-0.2, 0) is 6.54 Å². The number of benzene rings is 1. The highest BCUT2D eigenvalue weighted by molar-refractivity contribution is 6.30. The summed E-state index contributed by atoms with van der Waals surface area (Å²) in [5.74, 6) is 1.21. The second-order valence-electron chi connectivity index (χ2n) is 4.94. The molecule has 0 spiro atoms. The first-order valence-electron chi connectivity index (χ1n) is 7.27. The first-order valence-corrected chi connectivity index (χ1v) is 7.65. The van der Waals surface area contributed by atoms with E-state index in [-0.39, 0.29) is 5.78 Å². The van der Waals surface area contributed by atoms with E-state index in [9.17, 15) is 4.79 Å². The summed E-state index contributed by atoms with van der Waals surface area (Å²) in [7, 11) is 0. The first-order chi connectivity index (χ1) is 11.2. The van der Waals surface area contributed by atoms with Crippen LogP contribution in [0.4, 0.5) is 0 Å². The van der Waals surface area contributed by atoms with E-state index in [0.29, 0.717) is 28.8 Å². The number of halogens is 1. The van der Waals surface area contributed by atoms with Crippen LogP contribution in [0.3, 0.4) is 0 Å². The van der Waals surface area contributed by atoms with E-state index < -0.39 is 0 Å². The van der Waals surface area contributed by atoms with E-state index in [4.69, 9.17) is 16.0 Å². The number of allylic oxidation sites excluding steroid dienone is 1. The normalized spacial score (nSPS) is 11.2. The molecule has 0 bridgehead atoms. The highest BCUT2D eigenvalue weighted by Crippen LogP contribution is 2.25. The standard InChI is InChI=1S/C18H15ClN2O2/c1-2-21-16(10-11-20-21)17(22)8-6-15-7-9-18(23-15)13-4-3-5-14(19)12-13/h3-12H,2H2,1H3/b8-6+. The molecule has 0 fully saturated rings. The summed E-state index contributed by atoms with van der Waals surface area (Å²) < 4.78 is 7.39. The van der Waals surface area contributed by atoms with Crippen LogP contribution in [0.15, 0.2) is 59.2 Å². The minimum absolute atomic E-state index is 0.106. The molecule has 3 rings (SSSR count). The number of nitrogens with zero attached hydrogens (tertiary/aromatic N) is 2. The third kappa shape index (κ3) is 3.43. The van der Waals surface area contributed by atoms with Crippen molar-refractivity contribution in [1.82, 2.24) is 9.78 Å². The lowest BCUT2D eigenvalue weighted by Crippen LogP contribution is -2.07. The minimum atomic E-state index is -0.106. The molecule has 0 aliphatic heterocycles. The molecule has 4 nitrogen and oxygen atoms in total. The number of aryl methyl sites for hydroxylation is 1. The zero-order valence-electron chi connectivity index (χ0n) is 12.6. The molecule has 0 radical (unpaired) electrons. The predicted molar refractivity (Wildman–Crippen MR) is 90.4 cm³/mol. The molecule has 0 aliphatic rings. The molecule has 0 saturated heterocycles. The van der Waals surface area contributed by atoms with Gasteiger partial charge in [0.15, 0.2) is 0 Å². The zero-order valence-corrected chi connectivity index (χ0v) is 13.3. The summed E-state index contributed by atoms with van der Waals surface area (Å²) >= 11 is 5.98. The third-order valence-corrected chi connectivity index (χ3v) is 3.64. The molecule has 3 aromatic rings. The van der Waals surface area contributed by atoms with Crippen LogP contribution >= 0.6 is 11.6 Å². The van der Waals surface area contributed by atoms with Gasteiger partial charge in [-0.3, -0.25) is 9.48 Å². The molecule has 0 unspecified atom stereocenters. The van der Waals surface area contributed by atoms with Gasteiger partial charge in [0.25, 0.3) is 0 Å². The Hall–Kier alpha value is -2.59. The van der Waals surface area contributed by atoms with Gasteiger partial charge in [-0.25, -0.2) is 0 Å². The maximum absolute atomic E-state index is 12.2. The number of carbonyl (C=O) groups excluding carboxylic acids is 1. The van der Waals surface area contributed by atoms with Crippen LogP contribution in [0.2, 0.25) is 5.02 Å². The maximum atomic E-state index is 12.2. The van der Waals surface area contributed by atoms with E-state index in [1.165, 1.54) is 6.08 Å². The van der Waals surface area contributed by atoms with Gasteiger partial charge in [0.1, 0.15) is 17.2 Å². The molecule has 0 saturated carbocycles. The number of aromatic nitrogens is 2. The van der Waals surface area contributed by atoms with Gasteiger partial charge in [0, 0.05) is 23.3 Å². The molecule has 116 valence electrons. The van der Waals surface area contributed by atoms with Crippen molar-refractivity contribution in [3.05, 3.63) is 71.2 Å². The highest BCUT2D eigenvalue weighted by Gasteiger charge is 2.08. The minimum Gasteiger partial charge on any atom is -0.457 e. The van der Waals surface area contributed by atoms with E-state index >= 15 is 0 Å². The number of furan rings is 1. The Balaban J connectivity index is 1.78. The van der Waals surface area contributed by atoms with Gasteiger partial charge < -0.3 is 4.42 Å². The van der Waals surface area contributed by atoms with Gasteiger partial charge in [0.05, 0.1) is 0 Å². The van der Waals surface area contributed by atoms with Gasteiger partial charge in [0.2, 0.25) is 5.78 Å². The lowest BCUT2D eigenvalue weighted by Gasteiger charge is -1.99. The Bertz CT molecular complexity index is 861. The van der Waals surface area contributed by atoms with Gasteiger partial charge in [-0.1, -0.05) is 23.7 Å². The van der Waals surface area contributed by atoms with E-state index in [0.717, 1.165) is 5.56 Å². The average molecular weight is 327 g/mol. The van der Waals surface area contributed by atoms with E-state index in [1.54, 1.807) is 23.0 Å². The Morgan fingerprint density at radius 1 is 1.30 bits per heavy atom. The second-order valence-corrected chi connectivity index (χ2v) is 5.38. The van der Waals surface area contributed by atoms with Crippen LogP contribution in [0.5, 0.6) is 0 Å². The van der Waals surface area contributed by atoms with Gasteiger partial charge >= 0.3 is 0 Å². The fourth-order valence-electron chi connectivity index (χ4n) is 2.28. The number of rotatable bonds is 5. The molecule has 5 heteroatoms. The second kappa shape index (κ2) is 6.67. The number of carbonyl (C=O) groups is 1. The average Bonchev–Trinajstić information content (AvgIpc) is 3.21. The Morgan fingerprint density at radius 3 is 2.96 bits per heavy atom. The van der Waals surface area contributed by atoms with Crippen molar-refractivity contribution in [3.63, 3.8) is 0 Å². The maximum Gasteiger partial charge on any atom is 0.203 e.